The van der Waals surface area contributed by atoms with Gasteiger partial charge in [0, 0.05) is 13.7 Å². The molecular weight excluding hydrogens is 224 g/mol. The fraction of sp³-hybridized carbons (Fsp3) is 1.00. The highest BCUT2D eigenvalue weighted by atomic mass is 16.5. The molecule has 1 unspecified atom stereocenters. The second-order valence-electron chi connectivity index (χ2n) is 5.41. The fourth-order valence-electron chi connectivity index (χ4n) is 2.27. The van der Waals surface area contributed by atoms with Gasteiger partial charge < -0.3 is 9.84 Å². The summed E-state index contributed by atoms with van der Waals surface area (Å²) in [6.07, 6.45) is 15.1. The molecule has 0 spiro atoms. The lowest BCUT2D eigenvalue weighted by Crippen LogP contribution is -2.09. The molecule has 1 atom stereocenters. The van der Waals surface area contributed by atoms with E-state index in [0.717, 1.165) is 12.8 Å². The van der Waals surface area contributed by atoms with Crippen LogP contribution in [-0.2, 0) is 4.74 Å². The van der Waals surface area contributed by atoms with Crippen molar-refractivity contribution in [3.8, 4) is 0 Å². The zero-order valence-electron chi connectivity index (χ0n) is 12.6. The Balaban J connectivity index is 3.02. The Bertz CT molecular complexity index is 148. The average Bonchev–Trinajstić information content (AvgIpc) is 2.38. The van der Waals surface area contributed by atoms with Crippen LogP contribution in [0.15, 0.2) is 0 Å². The van der Waals surface area contributed by atoms with Gasteiger partial charge in [-0.05, 0) is 12.8 Å². The molecule has 0 aromatic carbocycles. The summed E-state index contributed by atoms with van der Waals surface area (Å²) in [6.45, 7) is 2.94. The van der Waals surface area contributed by atoms with Crippen LogP contribution in [0.1, 0.15) is 84.0 Å². The van der Waals surface area contributed by atoms with E-state index < -0.39 is 0 Å². The average molecular weight is 258 g/mol. The Morgan fingerprint density at radius 2 is 1.28 bits per heavy atom. The standard InChI is InChI=1S/C16H34O2/c1-3-4-5-6-7-8-9-10-11-12-13-16(17)14-15-18-2/h16-17H,3-15H2,1-2H3. The van der Waals surface area contributed by atoms with E-state index in [4.69, 9.17) is 4.74 Å². The van der Waals surface area contributed by atoms with Crippen molar-refractivity contribution in [2.75, 3.05) is 13.7 Å². The van der Waals surface area contributed by atoms with Gasteiger partial charge in [0.1, 0.15) is 0 Å². The van der Waals surface area contributed by atoms with E-state index in [0.29, 0.717) is 6.61 Å². The summed E-state index contributed by atoms with van der Waals surface area (Å²) in [4.78, 5) is 0. The normalized spacial score (nSPS) is 12.8. The molecule has 0 saturated carbocycles. The quantitative estimate of drug-likeness (QED) is 0.458. The van der Waals surface area contributed by atoms with Crippen molar-refractivity contribution in [3.05, 3.63) is 0 Å². The Kier molecular flexibility index (Phi) is 14.9. The molecular formula is C16H34O2. The molecule has 0 saturated heterocycles. The van der Waals surface area contributed by atoms with Crippen LogP contribution in [-0.4, -0.2) is 24.9 Å². The SMILES string of the molecule is CCCCCCCCCCCCC(O)CCOC. The first-order valence-corrected chi connectivity index (χ1v) is 7.98. The minimum atomic E-state index is -0.154. The van der Waals surface area contributed by atoms with Gasteiger partial charge in [-0.15, -0.1) is 0 Å². The monoisotopic (exact) mass is 258 g/mol. The third kappa shape index (κ3) is 14.0. The minimum Gasteiger partial charge on any atom is -0.393 e. The van der Waals surface area contributed by atoms with Crippen molar-refractivity contribution in [1.82, 2.24) is 0 Å². The third-order valence-electron chi connectivity index (χ3n) is 3.55. The van der Waals surface area contributed by atoms with Crippen molar-refractivity contribution in [2.45, 2.75) is 90.1 Å². The molecule has 0 amide bonds. The number of aliphatic hydroxyl groups excluding tert-OH is 1. The number of ether oxygens (including phenoxy) is 1. The van der Waals surface area contributed by atoms with Crippen LogP contribution in [0.5, 0.6) is 0 Å². The summed E-state index contributed by atoms with van der Waals surface area (Å²) >= 11 is 0. The second-order valence-corrected chi connectivity index (χ2v) is 5.41. The van der Waals surface area contributed by atoms with Crippen LogP contribution in [0.3, 0.4) is 0 Å². The molecule has 2 heteroatoms. The second kappa shape index (κ2) is 15.0. The van der Waals surface area contributed by atoms with Crippen LogP contribution >= 0.6 is 0 Å². The van der Waals surface area contributed by atoms with E-state index in [-0.39, 0.29) is 6.10 Å². The van der Waals surface area contributed by atoms with Gasteiger partial charge in [0.05, 0.1) is 6.10 Å². The number of methoxy groups -OCH3 is 1. The lowest BCUT2D eigenvalue weighted by Gasteiger charge is -2.09. The van der Waals surface area contributed by atoms with E-state index in [1.807, 2.05) is 0 Å². The molecule has 0 heterocycles. The first-order valence-electron chi connectivity index (χ1n) is 7.98. The molecule has 2 nitrogen and oxygen atoms in total. The lowest BCUT2D eigenvalue weighted by atomic mass is 10.0. The molecule has 0 rings (SSSR count). The third-order valence-corrected chi connectivity index (χ3v) is 3.55. The molecule has 0 aliphatic heterocycles. The molecule has 0 aliphatic rings. The van der Waals surface area contributed by atoms with E-state index in [9.17, 15) is 5.11 Å². The first kappa shape index (κ1) is 17.9. The molecule has 0 fully saturated rings. The zero-order chi connectivity index (χ0) is 13.5. The van der Waals surface area contributed by atoms with Crippen molar-refractivity contribution in [1.29, 1.82) is 0 Å². The van der Waals surface area contributed by atoms with Gasteiger partial charge in [-0.3, -0.25) is 0 Å². The maximum absolute atomic E-state index is 9.62. The van der Waals surface area contributed by atoms with E-state index >= 15 is 0 Å². The smallest absolute Gasteiger partial charge is 0.0562 e. The van der Waals surface area contributed by atoms with Gasteiger partial charge in [-0.1, -0.05) is 71.1 Å². The van der Waals surface area contributed by atoms with E-state index in [2.05, 4.69) is 6.92 Å². The Morgan fingerprint density at radius 1 is 0.778 bits per heavy atom. The fourth-order valence-corrected chi connectivity index (χ4v) is 2.27. The Labute approximate surface area is 114 Å². The molecule has 0 radical (unpaired) electrons. The van der Waals surface area contributed by atoms with Crippen LogP contribution in [0.4, 0.5) is 0 Å². The van der Waals surface area contributed by atoms with Gasteiger partial charge >= 0.3 is 0 Å². The summed E-state index contributed by atoms with van der Waals surface area (Å²) in [5.41, 5.74) is 0. The molecule has 0 aliphatic carbocycles. The summed E-state index contributed by atoms with van der Waals surface area (Å²) in [7, 11) is 1.69. The number of aliphatic hydroxyl groups is 1. The van der Waals surface area contributed by atoms with Crippen molar-refractivity contribution in [3.63, 3.8) is 0 Å². The van der Waals surface area contributed by atoms with E-state index in [1.54, 1.807) is 7.11 Å². The maximum Gasteiger partial charge on any atom is 0.0562 e. The first-order chi connectivity index (χ1) is 8.81. The molecule has 0 aromatic rings. The number of hydrogen-bond acceptors (Lipinski definition) is 2. The summed E-state index contributed by atoms with van der Waals surface area (Å²) < 4.78 is 4.95. The highest BCUT2D eigenvalue weighted by Gasteiger charge is 2.02. The van der Waals surface area contributed by atoms with E-state index in [1.165, 1.54) is 64.2 Å². The highest BCUT2D eigenvalue weighted by molar-refractivity contribution is 4.56. The van der Waals surface area contributed by atoms with Gasteiger partial charge in [0.2, 0.25) is 0 Å². The van der Waals surface area contributed by atoms with Gasteiger partial charge in [-0.2, -0.15) is 0 Å². The number of rotatable bonds is 14. The highest BCUT2D eigenvalue weighted by Crippen LogP contribution is 2.12. The predicted molar refractivity (Wildman–Crippen MR) is 79.0 cm³/mol. The van der Waals surface area contributed by atoms with Crippen LogP contribution < -0.4 is 0 Å². The predicted octanol–water partition coefficient (Wildman–Crippen LogP) is 4.69. The molecule has 0 bridgehead atoms. The minimum absolute atomic E-state index is 0.154. The largest absolute Gasteiger partial charge is 0.393 e. The lowest BCUT2D eigenvalue weighted by molar-refractivity contribution is 0.102. The summed E-state index contributed by atoms with van der Waals surface area (Å²) in [6, 6.07) is 0. The molecule has 1 N–H and O–H groups in total. The van der Waals surface area contributed by atoms with Crippen LogP contribution in [0.2, 0.25) is 0 Å². The van der Waals surface area contributed by atoms with Crippen molar-refractivity contribution >= 4 is 0 Å². The molecule has 110 valence electrons. The number of unbranched alkanes of at least 4 members (excludes halogenated alkanes) is 9. The zero-order valence-corrected chi connectivity index (χ0v) is 12.6. The molecule has 18 heavy (non-hydrogen) atoms. The van der Waals surface area contributed by atoms with Crippen molar-refractivity contribution in [2.24, 2.45) is 0 Å². The topological polar surface area (TPSA) is 29.5 Å². The molecule has 0 aromatic heterocycles. The Hall–Kier alpha value is -0.0800. The van der Waals surface area contributed by atoms with Gasteiger partial charge in [-0.25, -0.2) is 0 Å². The van der Waals surface area contributed by atoms with Gasteiger partial charge in [0.25, 0.3) is 0 Å². The number of hydrogen-bond donors (Lipinski definition) is 1. The van der Waals surface area contributed by atoms with Gasteiger partial charge in [0.15, 0.2) is 0 Å². The van der Waals surface area contributed by atoms with Crippen molar-refractivity contribution < 1.29 is 9.84 Å². The Morgan fingerprint density at radius 3 is 1.78 bits per heavy atom. The summed E-state index contributed by atoms with van der Waals surface area (Å²) in [5.74, 6) is 0. The maximum atomic E-state index is 9.62. The summed E-state index contributed by atoms with van der Waals surface area (Å²) in [5, 5.41) is 9.62. The van der Waals surface area contributed by atoms with Crippen LogP contribution in [0.25, 0.3) is 0 Å². The van der Waals surface area contributed by atoms with Crippen LogP contribution in [0, 0.1) is 0 Å².